The summed E-state index contributed by atoms with van der Waals surface area (Å²) in [5.41, 5.74) is 6.45. The maximum atomic E-state index is 6.45. The predicted octanol–water partition coefficient (Wildman–Crippen LogP) is 2.31. The van der Waals surface area contributed by atoms with Crippen LogP contribution in [0.3, 0.4) is 0 Å². The van der Waals surface area contributed by atoms with E-state index in [1.165, 1.54) is 58.0 Å². The highest BCUT2D eigenvalue weighted by Crippen LogP contribution is 2.33. The minimum atomic E-state index is 0.413. The molecule has 0 aromatic carbocycles. The van der Waals surface area contributed by atoms with Crippen molar-refractivity contribution in [3.63, 3.8) is 0 Å². The van der Waals surface area contributed by atoms with Gasteiger partial charge in [-0.1, -0.05) is 19.8 Å². The third kappa shape index (κ3) is 3.93. The molecule has 1 aliphatic heterocycles. The summed E-state index contributed by atoms with van der Waals surface area (Å²) >= 11 is 0. The molecule has 0 bridgehead atoms. The second kappa shape index (κ2) is 7.05. The highest BCUT2D eigenvalue weighted by Gasteiger charge is 2.37. The average Bonchev–Trinajstić information content (AvgIpc) is 2.79. The maximum Gasteiger partial charge on any atom is 0.0253 e. The summed E-state index contributed by atoms with van der Waals surface area (Å²) in [5.74, 6) is 0.926. The number of likely N-dealkylation sites (N-methyl/N-ethyl adjacent to an activating group) is 1. The monoisotopic (exact) mass is 267 g/mol. The Kier molecular flexibility index (Phi) is 5.67. The smallest absolute Gasteiger partial charge is 0.0253 e. The molecule has 2 aliphatic rings. The third-order valence-electron chi connectivity index (χ3n) is 5.10. The fourth-order valence-electron chi connectivity index (χ4n) is 4.22. The van der Waals surface area contributed by atoms with E-state index in [0.29, 0.717) is 12.1 Å². The van der Waals surface area contributed by atoms with Crippen molar-refractivity contribution in [2.24, 2.45) is 11.7 Å². The van der Waals surface area contributed by atoms with E-state index in [0.717, 1.165) is 12.0 Å². The van der Waals surface area contributed by atoms with Gasteiger partial charge in [-0.15, -0.1) is 0 Å². The molecule has 2 rings (SSSR count). The Morgan fingerprint density at radius 1 is 1.21 bits per heavy atom. The second-order valence-corrected chi connectivity index (χ2v) is 7.00. The number of hydrogen-bond acceptors (Lipinski definition) is 3. The van der Waals surface area contributed by atoms with E-state index >= 15 is 0 Å². The van der Waals surface area contributed by atoms with Crippen LogP contribution in [0.4, 0.5) is 0 Å². The molecule has 2 N–H and O–H groups in total. The Hall–Kier alpha value is -0.120. The van der Waals surface area contributed by atoms with Gasteiger partial charge in [-0.25, -0.2) is 0 Å². The molecule has 1 saturated heterocycles. The van der Waals surface area contributed by atoms with Crippen LogP contribution in [0.2, 0.25) is 0 Å². The Morgan fingerprint density at radius 3 is 2.68 bits per heavy atom. The van der Waals surface area contributed by atoms with E-state index in [1.54, 1.807) is 0 Å². The van der Waals surface area contributed by atoms with Crippen molar-refractivity contribution in [1.82, 2.24) is 9.80 Å². The molecule has 112 valence electrons. The van der Waals surface area contributed by atoms with Crippen molar-refractivity contribution in [3.05, 3.63) is 0 Å². The Bertz CT molecular complexity index is 267. The zero-order valence-electron chi connectivity index (χ0n) is 13.1. The fraction of sp³-hybridized carbons (Fsp3) is 1.00. The van der Waals surface area contributed by atoms with Gasteiger partial charge in [0.25, 0.3) is 0 Å². The average molecular weight is 267 g/mol. The number of nitrogens with two attached hydrogens (primary N) is 1. The van der Waals surface area contributed by atoms with Crippen LogP contribution in [0.15, 0.2) is 0 Å². The van der Waals surface area contributed by atoms with Crippen LogP contribution in [0.5, 0.6) is 0 Å². The topological polar surface area (TPSA) is 32.5 Å². The first kappa shape index (κ1) is 15.3. The molecule has 1 saturated carbocycles. The van der Waals surface area contributed by atoms with Crippen LogP contribution in [-0.4, -0.2) is 55.1 Å². The van der Waals surface area contributed by atoms with E-state index in [2.05, 4.69) is 30.8 Å². The van der Waals surface area contributed by atoms with Gasteiger partial charge in [-0.3, -0.25) is 4.90 Å². The summed E-state index contributed by atoms with van der Waals surface area (Å²) in [7, 11) is 4.38. The lowest BCUT2D eigenvalue weighted by Crippen LogP contribution is -2.54. The number of nitrogens with zero attached hydrogens (tertiary/aromatic N) is 2. The van der Waals surface area contributed by atoms with Gasteiger partial charge in [0.15, 0.2) is 0 Å². The van der Waals surface area contributed by atoms with Crippen molar-refractivity contribution in [1.29, 1.82) is 0 Å². The van der Waals surface area contributed by atoms with Crippen LogP contribution >= 0.6 is 0 Å². The van der Waals surface area contributed by atoms with Crippen LogP contribution in [0.1, 0.15) is 51.9 Å². The summed E-state index contributed by atoms with van der Waals surface area (Å²) in [5, 5.41) is 0. The Labute approximate surface area is 119 Å². The first-order valence-corrected chi connectivity index (χ1v) is 8.27. The zero-order valence-corrected chi connectivity index (χ0v) is 13.1. The molecule has 3 nitrogen and oxygen atoms in total. The minimum absolute atomic E-state index is 0.413. The maximum absolute atomic E-state index is 6.45. The highest BCUT2D eigenvalue weighted by molar-refractivity contribution is 4.94. The number of hydrogen-bond donors (Lipinski definition) is 1. The molecule has 3 heteroatoms. The van der Waals surface area contributed by atoms with Crippen LogP contribution in [0.25, 0.3) is 0 Å². The lowest BCUT2D eigenvalue weighted by atomic mass is 9.79. The molecular formula is C16H33N3. The number of likely N-dealkylation sites (tertiary alicyclic amines) is 1. The van der Waals surface area contributed by atoms with Gasteiger partial charge >= 0.3 is 0 Å². The summed E-state index contributed by atoms with van der Waals surface area (Å²) in [6, 6.07) is 1.81. The van der Waals surface area contributed by atoms with Crippen molar-refractivity contribution >= 4 is 0 Å². The molecule has 19 heavy (non-hydrogen) atoms. The van der Waals surface area contributed by atoms with Gasteiger partial charge in [-0.2, -0.15) is 0 Å². The number of rotatable bonds is 5. The quantitative estimate of drug-likeness (QED) is 0.829. The molecule has 0 aromatic rings. The molecular weight excluding hydrogens is 234 g/mol. The standard InChI is InChI=1S/C16H33N3/c1-4-6-13-8-9-15(17)16(11-13)19-10-5-7-14(19)12-18(2)3/h13-16H,4-12,17H2,1-3H3. The van der Waals surface area contributed by atoms with Gasteiger partial charge < -0.3 is 10.6 Å². The molecule has 0 amide bonds. The van der Waals surface area contributed by atoms with E-state index in [4.69, 9.17) is 5.73 Å². The van der Waals surface area contributed by atoms with Gasteiger partial charge in [0.2, 0.25) is 0 Å². The predicted molar refractivity (Wildman–Crippen MR) is 82.3 cm³/mol. The van der Waals surface area contributed by atoms with Crippen LogP contribution < -0.4 is 5.73 Å². The first-order valence-electron chi connectivity index (χ1n) is 8.27. The van der Waals surface area contributed by atoms with E-state index in [-0.39, 0.29) is 0 Å². The minimum Gasteiger partial charge on any atom is -0.326 e. The van der Waals surface area contributed by atoms with Crippen molar-refractivity contribution < 1.29 is 0 Å². The first-order chi connectivity index (χ1) is 9.11. The summed E-state index contributed by atoms with van der Waals surface area (Å²) in [6.45, 7) is 4.78. The second-order valence-electron chi connectivity index (χ2n) is 7.00. The van der Waals surface area contributed by atoms with Gasteiger partial charge in [-0.05, 0) is 58.7 Å². The molecule has 0 radical (unpaired) electrons. The van der Waals surface area contributed by atoms with Crippen molar-refractivity contribution in [2.45, 2.75) is 70.0 Å². The Balaban J connectivity index is 1.97. The van der Waals surface area contributed by atoms with E-state index in [1.807, 2.05) is 0 Å². The summed E-state index contributed by atoms with van der Waals surface area (Å²) < 4.78 is 0. The lowest BCUT2D eigenvalue weighted by molar-refractivity contribution is 0.0859. The summed E-state index contributed by atoms with van der Waals surface area (Å²) in [4.78, 5) is 5.09. The molecule has 4 unspecified atom stereocenters. The molecule has 2 fully saturated rings. The largest absolute Gasteiger partial charge is 0.326 e. The van der Waals surface area contributed by atoms with E-state index < -0.39 is 0 Å². The van der Waals surface area contributed by atoms with Gasteiger partial charge in [0, 0.05) is 24.7 Å². The Morgan fingerprint density at radius 2 is 2.00 bits per heavy atom. The van der Waals surface area contributed by atoms with Gasteiger partial charge in [0.1, 0.15) is 0 Å². The van der Waals surface area contributed by atoms with E-state index in [9.17, 15) is 0 Å². The fourth-order valence-corrected chi connectivity index (χ4v) is 4.22. The SMILES string of the molecule is CCCC1CCC(N)C(N2CCCC2CN(C)C)C1. The zero-order chi connectivity index (χ0) is 13.8. The van der Waals surface area contributed by atoms with Crippen LogP contribution in [0, 0.1) is 5.92 Å². The van der Waals surface area contributed by atoms with Crippen LogP contribution in [-0.2, 0) is 0 Å². The molecule has 0 aromatic heterocycles. The molecule has 1 heterocycles. The molecule has 0 spiro atoms. The molecule has 4 atom stereocenters. The highest BCUT2D eigenvalue weighted by atomic mass is 15.3. The third-order valence-corrected chi connectivity index (χ3v) is 5.10. The summed E-state index contributed by atoms with van der Waals surface area (Å²) in [6.07, 6.45) is 9.39. The molecule has 1 aliphatic carbocycles. The van der Waals surface area contributed by atoms with Crippen molar-refractivity contribution in [3.8, 4) is 0 Å². The van der Waals surface area contributed by atoms with Gasteiger partial charge in [0.05, 0.1) is 0 Å². The normalized spacial score (nSPS) is 37.1. The lowest BCUT2D eigenvalue weighted by Gasteiger charge is -2.42. The van der Waals surface area contributed by atoms with Crippen molar-refractivity contribution in [2.75, 3.05) is 27.2 Å².